The van der Waals surface area contributed by atoms with Gasteiger partial charge < -0.3 is 4.42 Å². The number of oxazole rings is 1. The summed E-state index contributed by atoms with van der Waals surface area (Å²) in [6.07, 6.45) is 0. The normalized spacial score (nSPS) is 11.2. The zero-order chi connectivity index (χ0) is 14.3. The van der Waals surface area contributed by atoms with Gasteiger partial charge in [-0.2, -0.15) is 0 Å². The Morgan fingerprint density at radius 3 is 2.80 bits per heavy atom. The molecule has 102 valence electrons. The molecule has 0 saturated carbocycles. The van der Waals surface area contributed by atoms with E-state index in [-0.39, 0.29) is 5.82 Å². The van der Waals surface area contributed by atoms with Gasteiger partial charge in [-0.25, -0.2) is 9.18 Å². The van der Waals surface area contributed by atoms with Gasteiger partial charge in [0.1, 0.15) is 5.82 Å². The van der Waals surface area contributed by atoms with Crippen molar-refractivity contribution in [3.63, 3.8) is 0 Å². The molecule has 0 atom stereocenters. The van der Waals surface area contributed by atoms with Crippen molar-refractivity contribution in [1.82, 2.24) is 4.57 Å². The van der Waals surface area contributed by atoms with Crippen molar-refractivity contribution < 1.29 is 8.81 Å². The molecule has 2 aromatic carbocycles. The van der Waals surface area contributed by atoms with E-state index < -0.39 is 5.76 Å². The van der Waals surface area contributed by atoms with Gasteiger partial charge in [-0.15, -0.1) is 0 Å². The van der Waals surface area contributed by atoms with Gasteiger partial charge >= 0.3 is 5.76 Å². The molecule has 0 spiro atoms. The number of benzene rings is 2. The highest BCUT2D eigenvalue weighted by Crippen LogP contribution is 2.18. The highest BCUT2D eigenvalue weighted by molar-refractivity contribution is 14.1. The summed E-state index contributed by atoms with van der Waals surface area (Å²) in [5, 5.41) is 0. The maximum absolute atomic E-state index is 13.1. The molecule has 5 heteroatoms. The fourth-order valence-electron chi connectivity index (χ4n) is 2.20. The number of fused-ring (bicyclic) bond motifs is 1. The van der Waals surface area contributed by atoms with Crippen LogP contribution in [-0.4, -0.2) is 4.57 Å². The monoisotopic (exact) mass is 383 g/mol. The summed E-state index contributed by atoms with van der Waals surface area (Å²) in [6.45, 7) is 2.20. The van der Waals surface area contributed by atoms with E-state index in [2.05, 4.69) is 22.6 Å². The average Bonchev–Trinajstić information content (AvgIpc) is 2.68. The molecule has 0 aliphatic carbocycles. The van der Waals surface area contributed by atoms with Crippen LogP contribution in [0, 0.1) is 16.3 Å². The Bertz CT molecular complexity index is 851. The quantitative estimate of drug-likeness (QED) is 0.633. The average molecular weight is 383 g/mol. The SMILES string of the molecule is Cc1cc(F)ccc1Cn1c(=O)oc2cc(I)ccc21. The number of aromatic nitrogens is 1. The molecule has 0 bridgehead atoms. The third-order valence-electron chi connectivity index (χ3n) is 3.26. The molecule has 0 N–H and O–H groups in total. The Balaban J connectivity index is 2.11. The fourth-order valence-corrected chi connectivity index (χ4v) is 2.66. The summed E-state index contributed by atoms with van der Waals surface area (Å²) in [6, 6.07) is 10.2. The second kappa shape index (κ2) is 5.05. The van der Waals surface area contributed by atoms with Crippen LogP contribution in [0.5, 0.6) is 0 Å². The van der Waals surface area contributed by atoms with Crippen LogP contribution in [0.25, 0.3) is 11.1 Å². The third-order valence-corrected chi connectivity index (χ3v) is 3.93. The van der Waals surface area contributed by atoms with Gasteiger partial charge in [0.05, 0.1) is 12.1 Å². The maximum atomic E-state index is 13.1. The fraction of sp³-hybridized carbons (Fsp3) is 0.133. The van der Waals surface area contributed by atoms with E-state index in [0.717, 1.165) is 20.2 Å². The van der Waals surface area contributed by atoms with E-state index in [4.69, 9.17) is 4.42 Å². The van der Waals surface area contributed by atoms with Gasteiger partial charge in [0.2, 0.25) is 0 Å². The molecule has 1 heterocycles. The van der Waals surface area contributed by atoms with Crippen molar-refractivity contribution in [2.45, 2.75) is 13.5 Å². The van der Waals surface area contributed by atoms with Crippen molar-refractivity contribution in [3.8, 4) is 0 Å². The molecule has 0 aliphatic rings. The van der Waals surface area contributed by atoms with Gasteiger partial charge in [-0.05, 0) is 71.0 Å². The van der Waals surface area contributed by atoms with E-state index in [1.54, 1.807) is 10.6 Å². The largest absolute Gasteiger partial charge is 0.420 e. The van der Waals surface area contributed by atoms with Crippen LogP contribution < -0.4 is 5.76 Å². The van der Waals surface area contributed by atoms with Crippen LogP contribution in [0.3, 0.4) is 0 Å². The van der Waals surface area contributed by atoms with Crippen molar-refractivity contribution in [3.05, 3.63) is 67.5 Å². The lowest BCUT2D eigenvalue weighted by molar-refractivity contribution is 0.517. The van der Waals surface area contributed by atoms with E-state index in [1.165, 1.54) is 12.1 Å². The molecule has 0 radical (unpaired) electrons. The molecule has 0 fully saturated rings. The maximum Gasteiger partial charge on any atom is 0.420 e. The Kier molecular flexibility index (Phi) is 3.37. The molecule has 1 aromatic heterocycles. The lowest BCUT2D eigenvalue weighted by atomic mass is 10.1. The second-order valence-corrected chi connectivity index (χ2v) is 5.88. The summed E-state index contributed by atoms with van der Waals surface area (Å²) in [7, 11) is 0. The zero-order valence-electron chi connectivity index (χ0n) is 10.7. The van der Waals surface area contributed by atoms with E-state index in [0.29, 0.717) is 12.1 Å². The first-order valence-corrected chi connectivity index (χ1v) is 7.16. The van der Waals surface area contributed by atoms with E-state index >= 15 is 0 Å². The van der Waals surface area contributed by atoms with Crippen LogP contribution in [0.4, 0.5) is 4.39 Å². The van der Waals surface area contributed by atoms with Crippen molar-refractivity contribution in [2.75, 3.05) is 0 Å². The predicted octanol–water partition coefficient (Wildman–Crippen LogP) is 3.69. The summed E-state index contributed by atoms with van der Waals surface area (Å²) < 4.78 is 20.9. The molecule has 3 nitrogen and oxygen atoms in total. The number of nitrogens with zero attached hydrogens (tertiary/aromatic N) is 1. The molecule has 20 heavy (non-hydrogen) atoms. The molecule has 0 aliphatic heterocycles. The summed E-state index contributed by atoms with van der Waals surface area (Å²) in [5.41, 5.74) is 3.03. The van der Waals surface area contributed by atoms with Crippen LogP contribution in [0.15, 0.2) is 45.6 Å². The molecule has 3 rings (SSSR count). The van der Waals surface area contributed by atoms with Gasteiger partial charge in [0, 0.05) is 3.57 Å². The first-order valence-electron chi connectivity index (χ1n) is 6.08. The standard InChI is InChI=1S/C15H11FINO2/c1-9-6-11(16)3-2-10(9)8-18-13-5-4-12(17)7-14(13)20-15(18)19/h2-7H,8H2,1H3. The molecule has 0 unspecified atom stereocenters. The third kappa shape index (κ3) is 2.37. The van der Waals surface area contributed by atoms with Gasteiger partial charge in [-0.3, -0.25) is 4.57 Å². The van der Waals surface area contributed by atoms with Crippen LogP contribution in [-0.2, 0) is 6.54 Å². The van der Waals surface area contributed by atoms with Gasteiger partial charge in [0.15, 0.2) is 5.58 Å². The minimum absolute atomic E-state index is 0.273. The Labute approximate surface area is 128 Å². The van der Waals surface area contributed by atoms with Crippen molar-refractivity contribution >= 4 is 33.7 Å². The smallest absolute Gasteiger partial charge is 0.408 e. The minimum atomic E-state index is -0.397. The van der Waals surface area contributed by atoms with Crippen molar-refractivity contribution in [2.24, 2.45) is 0 Å². The van der Waals surface area contributed by atoms with Gasteiger partial charge in [-0.1, -0.05) is 6.07 Å². The number of aryl methyl sites for hydroxylation is 1. The Morgan fingerprint density at radius 1 is 1.25 bits per heavy atom. The molecular formula is C15H11FINO2. The highest BCUT2D eigenvalue weighted by Gasteiger charge is 2.11. The second-order valence-electron chi connectivity index (χ2n) is 4.64. The molecule has 0 amide bonds. The molecular weight excluding hydrogens is 372 g/mol. The highest BCUT2D eigenvalue weighted by atomic mass is 127. The number of hydrogen-bond donors (Lipinski definition) is 0. The lowest BCUT2D eigenvalue weighted by Gasteiger charge is -2.06. The van der Waals surface area contributed by atoms with Crippen LogP contribution in [0.2, 0.25) is 0 Å². The first kappa shape index (κ1) is 13.4. The van der Waals surface area contributed by atoms with Crippen LogP contribution in [0.1, 0.15) is 11.1 Å². The molecule has 0 saturated heterocycles. The van der Waals surface area contributed by atoms with E-state index in [1.807, 2.05) is 25.1 Å². The Hall–Kier alpha value is -1.63. The Morgan fingerprint density at radius 2 is 2.05 bits per heavy atom. The summed E-state index contributed by atoms with van der Waals surface area (Å²) >= 11 is 2.17. The van der Waals surface area contributed by atoms with Crippen LogP contribution >= 0.6 is 22.6 Å². The number of hydrogen-bond acceptors (Lipinski definition) is 2. The van der Waals surface area contributed by atoms with Gasteiger partial charge in [0.25, 0.3) is 0 Å². The number of halogens is 2. The topological polar surface area (TPSA) is 35.1 Å². The summed E-state index contributed by atoms with van der Waals surface area (Å²) in [5.74, 6) is -0.670. The summed E-state index contributed by atoms with van der Waals surface area (Å²) in [4.78, 5) is 12.0. The lowest BCUT2D eigenvalue weighted by Crippen LogP contribution is -2.15. The molecule has 3 aromatic rings. The minimum Gasteiger partial charge on any atom is -0.408 e. The van der Waals surface area contributed by atoms with E-state index in [9.17, 15) is 9.18 Å². The predicted molar refractivity (Wildman–Crippen MR) is 83.4 cm³/mol. The van der Waals surface area contributed by atoms with Crippen molar-refractivity contribution in [1.29, 1.82) is 0 Å². The first-order chi connectivity index (χ1) is 9.54. The zero-order valence-corrected chi connectivity index (χ0v) is 12.8. The number of rotatable bonds is 2.